The summed E-state index contributed by atoms with van der Waals surface area (Å²) in [5.41, 5.74) is 5.95. The third-order valence-corrected chi connectivity index (χ3v) is 3.49. The van der Waals surface area contributed by atoms with Gasteiger partial charge in [-0.2, -0.15) is 11.8 Å². The molecule has 2 heteroatoms. The molecular formula is C9H19NS. The summed E-state index contributed by atoms with van der Waals surface area (Å²) in [4.78, 5) is 0. The van der Waals surface area contributed by atoms with E-state index >= 15 is 0 Å². The third-order valence-electron chi connectivity index (χ3n) is 2.55. The lowest BCUT2D eigenvalue weighted by Crippen LogP contribution is -2.24. The maximum absolute atomic E-state index is 5.95. The Morgan fingerprint density at radius 3 is 2.82 bits per heavy atom. The molecule has 0 aliphatic heterocycles. The smallest absolute Gasteiger partial charge is 0.00674 e. The molecule has 0 aromatic heterocycles. The van der Waals surface area contributed by atoms with Gasteiger partial charge in [0.15, 0.2) is 0 Å². The second-order valence-electron chi connectivity index (χ2n) is 3.34. The summed E-state index contributed by atoms with van der Waals surface area (Å²) < 4.78 is 0. The van der Waals surface area contributed by atoms with Gasteiger partial charge in [0, 0.05) is 6.04 Å². The predicted octanol–water partition coefficient (Wildman–Crippen LogP) is 2.26. The Morgan fingerprint density at radius 2 is 2.27 bits per heavy atom. The van der Waals surface area contributed by atoms with Crippen molar-refractivity contribution < 1.29 is 0 Å². The molecule has 11 heavy (non-hydrogen) atoms. The fourth-order valence-corrected chi connectivity index (χ4v) is 2.56. The van der Waals surface area contributed by atoms with Crippen molar-refractivity contribution >= 4 is 11.8 Å². The Labute approximate surface area is 74.1 Å². The molecule has 2 atom stereocenters. The van der Waals surface area contributed by atoms with Crippen LogP contribution in [0.15, 0.2) is 0 Å². The Kier molecular flexibility index (Phi) is 4.31. The Morgan fingerprint density at radius 1 is 1.45 bits per heavy atom. The molecular weight excluding hydrogens is 154 g/mol. The maximum Gasteiger partial charge on any atom is 0.00674 e. The van der Waals surface area contributed by atoms with Crippen LogP contribution in [0, 0.1) is 5.92 Å². The van der Waals surface area contributed by atoms with Crippen LogP contribution in [0.3, 0.4) is 0 Å². The van der Waals surface area contributed by atoms with Crippen LogP contribution in [0.2, 0.25) is 0 Å². The number of nitrogens with two attached hydrogens (primary N) is 1. The van der Waals surface area contributed by atoms with Crippen LogP contribution in [0.25, 0.3) is 0 Å². The van der Waals surface area contributed by atoms with Gasteiger partial charge in [0.25, 0.3) is 0 Å². The summed E-state index contributed by atoms with van der Waals surface area (Å²) in [6.07, 6.45) is 5.36. The Balaban J connectivity index is 2.05. The summed E-state index contributed by atoms with van der Waals surface area (Å²) in [6.45, 7) is 2.22. The van der Waals surface area contributed by atoms with E-state index in [0.717, 1.165) is 5.92 Å². The van der Waals surface area contributed by atoms with Crippen LogP contribution in [-0.4, -0.2) is 17.5 Å². The fraction of sp³-hybridized carbons (Fsp3) is 1.00. The van der Waals surface area contributed by atoms with Crippen molar-refractivity contribution in [2.45, 2.75) is 38.6 Å². The molecule has 1 rings (SSSR count). The molecule has 1 saturated carbocycles. The molecule has 1 nitrogen and oxygen atoms in total. The summed E-state index contributed by atoms with van der Waals surface area (Å²) in [5, 5.41) is 0. The van der Waals surface area contributed by atoms with E-state index < -0.39 is 0 Å². The lowest BCUT2D eigenvalue weighted by molar-refractivity contribution is 0.470. The largest absolute Gasteiger partial charge is 0.327 e. The van der Waals surface area contributed by atoms with E-state index in [-0.39, 0.29) is 0 Å². The van der Waals surface area contributed by atoms with Crippen LogP contribution >= 0.6 is 11.8 Å². The van der Waals surface area contributed by atoms with Gasteiger partial charge in [-0.1, -0.05) is 13.3 Å². The topological polar surface area (TPSA) is 26.0 Å². The quantitative estimate of drug-likeness (QED) is 0.660. The normalized spacial score (nSPS) is 31.1. The molecule has 1 aliphatic rings. The highest BCUT2D eigenvalue weighted by Gasteiger charge is 2.22. The van der Waals surface area contributed by atoms with Gasteiger partial charge < -0.3 is 5.73 Å². The molecule has 0 radical (unpaired) electrons. The summed E-state index contributed by atoms with van der Waals surface area (Å²) >= 11 is 2.04. The van der Waals surface area contributed by atoms with E-state index in [9.17, 15) is 0 Å². The van der Waals surface area contributed by atoms with Crippen LogP contribution < -0.4 is 5.73 Å². The Hall–Kier alpha value is 0.310. The standard InChI is InChI=1S/C9H19NS/c1-2-11-7-6-8-4-3-5-9(8)10/h8-9H,2-7,10H2,1H3. The zero-order chi connectivity index (χ0) is 8.10. The van der Waals surface area contributed by atoms with E-state index in [1.807, 2.05) is 11.8 Å². The van der Waals surface area contributed by atoms with E-state index in [2.05, 4.69) is 6.92 Å². The van der Waals surface area contributed by atoms with Gasteiger partial charge in [0.2, 0.25) is 0 Å². The van der Waals surface area contributed by atoms with Crippen LogP contribution in [0.5, 0.6) is 0 Å². The van der Waals surface area contributed by atoms with Gasteiger partial charge in [0.1, 0.15) is 0 Å². The first-order valence-corrected chi connectivity index (χ1v) is 5.83. The molecule has 66 valence electrons. The minimum atomic E-state index is 0.521. The maximum atomic E-state index is 5.95. The van der Waals surface area contributed by atoms with Crippen molar-refractivity contribution in [3.63, 3.8) is 0 Å². The van der Waals surface area contributed by atoms with E-state index in [1.165, 1.54) is 37.2 Å². The summed E-state index contributed by atoms with van der Waals surface area (Å²) in [7, 11) is 0. The number of hydrogen-bond acceptors (Lipinski definition) is 2. The fourth-order valence-electron chi connectivity index (χ4n) is 1.80. The molecule has 0 saturated heterocycles. The van der Waals surface area contributed by atoms with Gasteiger partial charge in [-0.25, -0.2) is 0 Å². The van der Waals surface area contributed by atoms with E-state index in [1.54, 1.807) is 0 Å². The molecule has 0 spiro atoms. The van der Waals surface area contributed by atoms with Crippen LogP contribution in [-0.2, 0) is 0 Å². The third kappa shape index (κ3) is 3.04. The van der Waals surface area contributed by atoms with Crippen molar-refractivity contribution in [2.24, 2.45) is 11.7 Å². The van der Waals surface area contributed by atoms with E-state index in [0.29, 0.717) is 6.04 Å². The van der Waals surface area contributed by atoms with Gasteiger partial charge in [-0.15, -0.1) is 0 Å². The number of rotatable bonds is 4. The highest BCUT2D eigenvalue weighted by Crippen LogP contribution is 2.27. The molecule has 2 unspecified atom stereocenters. The molecule has 0 bridgehead atoms. The predicted molar refractivity (Wildman–Crippen MR) is 52.9 cm³/mol. The Bertz CT molecular complexity index is 106. The van der Waals surface area contributed by atoms with Gasteiger partial charge >= 0.3 is 0 Å². The first kappa shape index (κ1) is 9.40. The average Bonchev–Trinajstić information content (AvgIpc) is 2.37. The zero-order valence-corrected chi connectivity index (χ0v) is 8.20. The molecule has 1 aliphatic carbocycles. The molecule has 0 aromatic rings. The minimum absolute atomic E-state index is 0.521. The molecule has 1 fully saturated rings. The second-order valence-corrected chi connectivity index (χ2v) is 4.73. The average molecular weight is 173 g/mol. The van der Waals surface area contributed by atoms with Crippen molar-refractivity contribution in [2.75, 3.05) is 11.5 Å². The van der Waals surface area contributed by atoms with Crippen molar-refractivity contribution in [1.29, 1.82) is 0 Å². The first-order chi connectivity index (χ1) is 5.34. The molecule has 0 aromatic carbocycles. The second kappa shape index (κ2) is 5.04. The SMILES string of the molecule is CCSCCC1CCCC1N. The van der Waals surface area contributed by atoms with Crippen molar-refractivity contribution in [1.82, 2.24) is 0 Å². The minimum Gasteiger partial charge on any atom is -0.327 e. The van der Waals surface area contributed by atoms with Crippen LogP contribution in [0.4, 0.5) is 0 Å². The lowest BCUT2D eigenvalue weighted by Gasteiger charge is -2.13. The van der Waals surface area contributed by atoms with E-state index in [4.69, 9.17) is 5.73 Å². The number of thioether (sulfide) groups is 1. The zero-order valence-electron chi connectivity index (χ0n) is 7.38. The van der Waals surface area contributed by atoms with Crippen molar-refractivity contribution in [3.8, 4) is 0 Å². The van der Waals surface area contributed by atoms with Gasteiger partial charge in [-0.3, -0.25) is 0 Å². The van der Waals surface area contributed by atoms with Crippen molar-refractivity contribution in [3.05, 3.63) is 0 Å². The molecule has 0 amide bonds. The highest BCUT2D eigenvalue weighted by molar-refractivity contribution is 7.99. The van der Waals surface area contributed by atoms with Gasteiger partial charge in [0.05, 0.1) is 0 Å². The monoisotopic (exact) mass is 173 g/mol. The first-order valence-electron chi connectivity index (χ1n) is 4.68. The molecule has 0 heterocycles. The number of hydrogen-bond donors (Lipinski definition) is 1. The summed E-state index contributed by atoms with van der Waals surface area (Å²) in [5.74, 6) is 3.41. The summed E-state index contributed by atoms with van der Waals surface area (Å²) in [6, 6.07) is 0.521. The molecule has 2 N–H and O–H groups in total. The lowest BCUT2D eigenvalue weighted by atomic mass is 10.0. The van der Waals surface area contributed by atoms with Crippen LogP contribution in [0.1, 0.15) is 32.6 Å². The highest BCUT2D eigenvalue weighted by atomic mass is 32.2. The van der Waals surface area contributed by atoms with Gasteiger partial charge in [-0.05, 0) is 36.7 Å².